The lowest BCUT2D eigenvalue weighted by Crippen LogP contribution is -2.38. The van der Waals surface area contributed by atoms with Gasteiger partial charge in [0.25, 0.3) is 0 Å². The molecule has 1 aromatic heterocycles. The Balaban J connectivity index is 2.55. The van der Waals surface area contributed by atoms with E-state index in [0.717, 1.165) is 0 Å². The average molecular weight is 223 g/mol. The third-order valence-electron chi connectivity index (χ3n) is 2.50. The number of rotatable bonds is 4. The monoisotopic (exact) mass is 223 g/mol. The van der Waals surface area contributed by atoms with Crippen LogP contribution in [0, 0.1) is 11.3 Å². The van der Waals surface area contributed by atoms with Gasteiger partial charge in [-0.05, 0) is 6.92 Å². The second kappa shape index (κ2) is 4.60. The Labute approximate surface area is 91.5 Å². The fourth-order valence-electron chi connectivity index (χ4n) is 0.969. The van der Waals surface area contributed by atoms with Gasteiger partial charge in [-0.1, -0.05) is 19.6 Å². The molecule has 0 aromatic carbocycles. The molecule has 0 N–H and O–H groups in total. The molecule has 0 spiro atoms. The summed E-state index contributed by atoms with van der Waals surface area (Å²) in [5, 5.41) is 8.75. The van der Waals surface area contributed by atoms with Gasteiger partial charge in [0.05, 0.1) is 8.07 Å². The number of aromatic nitrogens is 2. The molecule has 1 aromatic rings. The van der Waals surface area contributed by atoms with Crippen LogP contribution in [-0.4, -0.2) is 23.4 Å². The van der Waals surface area contributed by atoms with Crippen LogP contribution in [0.5, 0.6) is 0 Å². The fourth-order valence-corrected chi connectivity index (χ4v) is 1.54. The highest BCUT2D eigenvalue weighted by molar-refractivity contribution is 6.77. The van der Waals surface area contributed by atoms with Crippen molar-refractivity contribution in [2.75, 3.05) is 0 Å². The maximum atomic E-state index is 8.75. The van der Waals surface area contributed by atoms with E-state index in [0.29, 0.717) is 12.6 Å². The maximum absolute atomic E-state index is 8.75. The van der Waals surface area contributed by atoms with Crippen molar-refractivity contribution in [1.29, 1.82) is 5.26 Å². The van der Waals surface area contributed by atoms with Crippen molar-refractivity contribution in [2.24, 2.45) is 0 Å². The van der Waals surface area contributed by atoms with Gasteiger partial charge < -0.3 is 4.74 Å². The minimum Gasteiger partial charge on any atom is -0.361 e. The zero-order valence-electron chi connectivity index (χ0n) is 9.69. The molecule has 15 heavy (non-hydrogen) atoms. The molecule has 4 nitrogen and oxygen atoms in total. The minimum absolute atomic E-state index is 0.270. The number of ether oxygens (including phenoxy) is 1. The first-order chi connectivity index (χ1) is 6.95. The van der Waals surface area contributed by atoms with E-state index < -0.39 is 8.07 Å². The Hall–Kier alpha value is -1.12. The normalized spacial score (nSPS) is 13.5. The molecule has 0 aliphatic carbocycles. The van der Waals surface area contributed by atoms with Crippen LogP contribution in [0.15, 0.2) is 12.4 Å². The number of imidazole rings is 1. The Morgan fingerprint density at radius 1 is 1.60 bits per heavy atom. The zero-order chi connectivity index (χ0) is 11.5. The maximum Gasteiger partial charge on any atom is 0.214 e. The smallest absolute Gasteiger partial charge is 0.214 e. The molecule has 0 bridgehead atoms. The fraction of sp³-hybridized carbons (Fsp3) is 0.600. The van der Waals surface area contributed by atoms with E-state index in [4.69, 9.17) is 10.00 Å². The molecule has 5 heteroatoms. The molecular weight excluding hydrogens is 206 g/mol. The van der Waals surface area contributed by atoms with Gasteiger partial charge in [-0.15, -0.1) is 0 Å². The zero-order valence-corrected chi connectivity index (χ0v) is 10.7. The molecule has 0 fully saturated rings. The van der Waals surface area contributed by atoms with Gasteiger partial charge in [-0.3, -0.25) is 4.57 Å². The van der Waals surface area contributed by atoms with Gasteiger partial charge in [0.2, 0.25) is 5.82 Å². The summed E-state index contributed by atoms with van der Waals surface area (Å²) >= 11 is 0. The van der Waals surface area contributed by atoms with Crippen LogP contribution >= 0.6 is 0 Å². The van der Waals surface area contributed by atoms with E-state index in [1.807, 2.05) is 6.07 Å². The second-order valence-corrected chi connectivity index (χ2v) is 10.2. The summed E-state index contributed by atoms with van der Waals surface area (Å²) in [5.74, 6) is 0.401. The van der Waals surface area contributed by atoms with Crippen molar-refractivity contribution < 1.29 is 4.74 Å². The van der Waals surface area contributed by atoms with E-state index in [1.54, 1.807) is 17.0 Å². The average Bonchev–Trinajstić information content (AvgIpc) is 2.59. The SMILES string of the molecule is CC(OCn1ccnc1C#N)[Si](C)(C)C. The van der Waals surface area contributed by atoms with Crippen LogP contribution in [0.25, 0.3) is 0 Å². The van der Waals surface area contributed by atoms with Crippen LogP contribution in [0.1, 0.15) is 12.7 Å². The number of nitriles is 1. The first-order valence-electron chi connectivity index (χ1n) is 4.98. The highest BCUT2D eigenvalue weighted by Gasteiger charge is 2.23. The van der Waals surface area contributed by atoms with Gasteiger partial charge in [0, 0.05) is 18.1 Å². The second-order valence-electron chi connectivity index (χ2n) is 4.64. The van der Waals surface area contributed by atoms with Crippen molar-refractivity contribution >= 4 is 8.07 Å². The van der Waals surface area contributed by atoms with Crippen molar-refractivity contribution in [1.82, 2.24) is 9.55 Å². The highest BCUT2D eigenvalue weighted by atomic mass is 28.3. The molecule has 82 valence electrons. The molecule has 0 amide bonds. The number of hydrogen-bond donors (Lipinski definition) is 0. The predicted octanol–water partition coefficient (Wildman–Crippen LogP) is 1.99. The van der Waals surface area contributed by atoms with Crippen molar-refractivity contribution in [3.63, 3.8) is 0 Å². The van der Waals surface area contributed by atoms with E-state index in [-0.39, 0.29) is 5.73 Å². The molecule has 0 saturated carbocycles. The van der Waals surface area contributed by atoms with E-state index in [9.17, 15) is 0 Å². The molecule has 0 saturated heterocycles. The molecule has 1 rings (SSSR count). The van der Waals surface area contributed by atoms with Crippen molar-refractivity contribution in [3.05, 3.63) is 18.2 Å². The van der Waals surface area contributed by atoms with Crippen LogP contribution in [0.4, 0.5) is 0 Å². The molecule has 0 radical (unpaired) electrons. The molecule has 1 heterocycles. The minimum atomic E-state index is -1.26. The molecule has 0 aliphatic heterocycles. The summed E-state index contributed by atoms with van der Waals surface area (Å²) < 4.78 is 7.45. The lowest BCUT2D eigenvalue weighted by Gasteiger charge is -2.25. The Bertz CT molecular complexity index is 361. The van der Waals surface area contributed by atoms with Gasteiger partial charge in [-0.25, -0.2) is 4.98 Å². The third-order valence-corrected chi connectivity index (χ3v) is 5.10. The van der Waals surface area contributed by atoms with Crippen molar-refractivity contribution in [2.45, 2.75) is 39.0 Å². The van der Waals surface area contributed by atoms with E-state index in [2.05, 4.69) is 31.5 Å². The Morgan fingerprint density at radius 2 is 2.27 bits per heavy atom. The van der Waals surface area contributed by atoms with Gasteiger partial charge in [-0.2, -0.15) is 5.26 Å². The Morgan fingerprint density at radius 3 is 2.80 bits per heavy atom. The predicted molar refractivity (Wildman–Crippen MR) is 60.8 cm³/mol. The summed E-state index contributed by atoms with van der Waals surface area (Å²) in [6.07, 6.45) is 3.37. The first kappa shape index (κ1) is 11.9. The van der Waals surface area contributed by atoms with E-state index in [1.165, 1.54) is 0 Å². The van der Waals surface area contributed by atoms with Gasteiger partial charge in [0.15, 0.2) is 0 Å². The van der Waals surface area contributed by atoms with Crippen LogP contribution in [0.2, 0.25) is 19.6 Å². The Kier molecular flexibility index (Phi) is 3.66. The molecule has 1 unspecified atom stereocenters. The molecular formula is C10H17N3OSi. The van der Waals surface area contributed by atoms with Crippen LogP contribution in [0.3, 0.4) is 0 Å². The first-order valence-corrected chi connectivity index (χ1v) is 8.55. The summed E-state index contributed by atoms with van der Waals surface area (Å²) in [4.78, 5) is 3.91. The number of nitrogens with zero attached hydrogens (tertiary/aromatic N) is 3. The third kappa shape index (κ3) is 3.18. The van der Waals surface area contributed by atoms with Gasteiger partial charge >= 0.3 is 0 Å². The summed E-state index contributed by atoms with van der Waals surface area (Å²) in [7, 11) is -1.26. The topological polar surface area (TPSA) is 50.8 Å². The van der Waals surface area contributed by atoms with E-state index >= 15 is 0 Å². The quantitative estimate of drug-likeness (QED) is 0.734. The highest BCUT2D eigenvalue weighted by Crippen LogP contribution is 2.11. The van der Waals surface area contributed by atoms with Gasteiger partial charge in [0.1, 0.15) is 12.8 Å². The lowest BCUT2D eigenvalue weighted by molar-refractivity contribution is 0.0560. The lowest BCUT2D eigenvalue weighted by atomic mass is 10.7. The standard InChI is InChI=1S/C10H17N3OSi/c1-9(15(2,3)4)14-8-13-6-5-12-10(13)7-11/h5-6,9H,8H2,1-4H3. The molecule has 1 atom stereocenters. The molecule has 0 aliphatic rings. The summed E-state index contributed by atoms with van der Waals surface area (Å²) in [5.41, 5.74) is 0.270. The van der Waals surface area contributed by atoms with Crippen LogP contribution in [-0.2, 0) is 11.5 Å². The largest absolute Gasteiger partial charge is 0.361 e. The summed E-state index contributed by atoms with van der Waals surface area (Å²) in [6.45, 7) is 9.29. The number of hydrogen-bond acceptors (Lipinski definition) is 3. The summed E-state index contributed by atoms with van der Waals surface area (Å²) in [6, 6.07) is 2.02. The van der Waals surface area contributed by atoms with Crippen LogP contribution < -0.4 is 0 Å². The van der Waals surface area contributed by atoms with Crippen molar-refractivity contribution in [3.8, 4) is 6.07 Å².